The lowest BCUT2D eigenvalue weighted by Gasteiger charge is -2.38. The van der Waals surface area contributed by atoms with Crippen molar-refractivity contribution in [2.24, 2.45) is 0 Å². The highest BCUT2D eigenvalue weighted by atomic mass is 79.9. The molecular formula is C22H19BrF3N3O3. The molecule has 0 radical (unpaired) electrons. The molecule has 1 aliphatic heterocycles. The van der Waals surface area contributed by atoms with E-state index in [1.165, 1.54) is 12.1 Å². The van der Waals surface area contributed by atoms with Gasteiger partial charge >= 0.3 is 12.1 Å². The van der Waals surface area contributed by atoms with Crippen molar-refractivity contribution in [1.29, 1.82) is 0 Å². The smallest absolute Gasteiger partial charge is 0.381 e. The molecule has 1 amide bonds. The summed E-state index contributed by atoms with van der Waals surface area (Å²) in [7, 11) is 0. The molecule has 6 nitrogen and oxygen atoms in total. The first kappa shape index (κ1) is 22.5. The van der Waals surface area contributed by atoms with Crippen LogP contribution in [0.5, 0.6) is 0 Å². The van der Waals surface area contributed by atoms with Gasteiger partial charge in [0.2, 0.25) is 5.82 Å². The molecule has 4 rings (SSSR count). The molecule has 1 N–H and O–H groups in total. The molecule has 0 spiro atoms. The summed E-state index contributed by atoms with van der Waals surface area (Å²) in [5.74, 6) is -2.01. The molecule has 0 bridgehead atoms. The molecule has 3 aromatic rings. The first-order chi connectivity index (χ1) is 15.3. The standard InChI is InChI=1S/C22H19BrF3N3O3/c23-17-6-2-5-16(12-17)21(7-9-31-10-8-21)13-27-19(30)15-4-1-3-14(11-15)18-28-20(32-29-18)22(24,25)26/h1-6,11-12H,7-10,13H2,(H,27,30). The molecule has 0 unspecified atom stereocenters. The number of rotatable bonds is 5. The molecule has 1 aromatic heterocycles. The Hall–Kier alpha value is -2.72. The SMILES string of the molecule is O=C(NCC1(c2cccc(Br)c2)CCOCC1)c1cccc(-c2noc(C(F)(F)F)n2)c1. The van der Waals surface area contributed by atoms with Gasteiger partial charge in [0.1, 0.15) is 0 Å². The number of carbonyl (C=O) groups excluding carboxylic acids is 1. The number of aromatic nitrogens is 2. The first-order valence-corrected chi connectivity index (χ1v) is 10.7. The molecule has 0 aliphatic carbocycles. The molecule has 1 aliphatic rings. The van der Waals surface area contributed by atoms with E-state index >= 15 is 0 Å². The molecule has 168 valence electrons. The van der Waals surface area contributed by atoms with Crippen LogP contribution in [0.2, 0.25) is 0 Å². The van der Waals surface area contributed by atoms with Crippen LogP contribution in [-0.2, 0) is 16.3 Å². The maximum absolute atomic E-state index is 12.9. The van der Waals surface area contributed by atoms with Crippen LogP contribution in [0.4, 0.5) is 13.2 Å². The number of nitrogens with one attached hydrogen (secondary N) is 1. The third-order valence-corrected chi connectivity index (χ3v) is 6.02. The normalized spacial score (nSPS) is 16.0. The fourth-order valence-electron chi connectivity index (χ4n) is 3.75. The number of ether oxygens (including phenoxy) is 1. The number of alkyl halides is 3. The second-order valence-corrected chi connectivity index (χ2v) is 8.50. The summed E-state index contributed by atoms with van der Waals surface area (Å²) in [6.07, 6.45) is -3.22. The third-order valence-electron chi connectivity index (χ3n) is 5.53. The summed E-state index contributed by atoms with van der Waals surface area (Å²) in [6.45, 7) is 1.59. The Morgan fingerprint density at radius 1 is 1.12 bits per heavy atom. The highest BCUT2D eigenvalue weighted by Gasteiger charge is 2.38. The van der Waals surface area contributed by atoms with Crippen LogP contribution < -0.4 is 5.32 Å². The Morgan fingerprint density at radius 2 is 1.88 bits per heavy atom. The molecule has 1 fully saturated rings. The van der Waals surface area contributed by atoms with Gasteiger partial charge in [0, 0.05) is 40.8 Å². The van der Waals surface area contributed by atoms with E-state index in [1.807, 2.05) is 24.3 Å². The van der Waals surface area contributed by atoms with Gasteiger partial charge in [0.25, 0.3) is 5.91 Å². The van der Waals surface area contributed by atoms with E-state index in [1.54, 1.807) is 12.1 Å². The topological polar surface area (TPSA) is 77.2 Å². The fourth-order valence-corrected chi connectivity index (χ4v) is 4.15. The van der Waals surface area contributed by atoms with Crippen LogP contribution in [0.15, 0.2) is 57.5 Å². The molecular weight excluding hydrogens is 491 g/mol. The number of benzene rings is 2. The van der Waals surface area contributed by atoms with Crippen molar-refractivity contribution in [2.45, 2.75) is 24.4 Å². The minimum absolute atomic E-state index is 0.234. The summed E-state index contributed by atoms with van der Waals surface area (Å²) in [5.41, 5.74) is 1.38. The van der Waals surface area contributed by atoms with Crippen molar-refractivity contribution in [3.05, 3.63) is 70.0 Å². The molecule has 0 atom stereocenters. The molecule has 10 heteroatoms. The van der Waals surface area contributed by atoms with E-state index in [9.17, 15) is 18.0 Å². The van der Waals surface area contributed by atoms with Gasteiger partial charge in [-0.3, -0.25) is 4.79 Å². The van der Waals surface area contributed by atoms with Crippen LogP contribution in [0.1, 0.15) is 34.7 Å². The van der Waals surface area contributed by atoms with E-state index in [0.29, 0.717) is 19.8 Å². The van der Waals surface area contributed by atoms with Gasteiger partial charge in [-0.15, -0.1) is 0 Å². The maximum atomic E-state index is 12.9. The molecule has 1 saturated heterocycles. The monoisotopic (exact) mass is 509 g/mol. The lowest BCUT2D eigenvalue weighted by atomic mass is 9.74. The fraction of sp³-hybridized carbons (Fsp3) is 0.318. The summed E-state index contributed by atoms with van der Waals surface area (Å²) in [5, 5.41) is 6.36. The number of hydrogen-bond donors (Lipinski definition) is 1. The molecule has 2 aromatic carbocycles. The van der Waals surface area contributed by atoms with Crippen LogP contribution in [0, 0.1) is 0 Å². The molecule has 2 heterocycles. The predicted octanol–water partition coefficient (Wildman–Crippen LogP) is 5.00. The van der Waals surface area contributed by atoms with Gasteiger partial charge in [0.15, 0.2) is 0 Å². The van der Waals surface area contributed by atoms with Gasteiger partial charge in [-0.1, -0.05) is 45.4 Å². The highest BCUT2D eigenvalue weighted by molar-refractivity contribution is 9.10. The minimum Gasteiger partial charge on any atom is -0.381 e. The van der Waals surface area contributed by atoms with Gasteiger partial charge in [-0.05, 0) is 42.7 Å². The van der Waals surface area contributed by atoms with Crippen molar-refractivity contribution in [1.82, 2.24) is 15.5 Å². The quantitative estimate of drug-likeness (QED) is 0.523. The van der Waals surface area contributed by atoms with Crippen LogP contribution >= 0.6 is 15.9 Å². The number of hydrogen-bond acceptors (Lipinski definition) is 5. The van der Waals surface area contributed by atoms with Gasteiger partial charge in [-0.2, -0.15) is 18.2 Å². The van der Waals surface area contributed by atoms with Crippen LogP contribution in [0.3, 0.4) is 0 Å². The number of carbonyl (C=O) groups is 1. The summed E-state index contributed by atoms with van der Waals surface area (Å²) in [6, 6.07) is 14.1. The van der Waals surface area contributed by atoms with E-state index in [2.05, 4.69) is 35.9 Å². The predicted molar refractivity (Wildman–Crippen MR) is 113 cm³/mol. The highest BCUT2D eigenvalue weighted by Crippen LogP contribution is 2.35. The van der Waals surface area contributed by atoms with Gasteiger partial charge in [-0.25, -0.2) is 0 Å². The average molecular weight is 510 g/mol. The summed E-state index contributed by atoms with van der Waals surface area (Å²) >= 11 is 3.51. The Kier molecular flexibility index (Phi) is 6.34. The second-order valence-electron chi connectivity index (χ2n) is 7.59. The van der Waals surface area contributed by atoms with Crippen LogP contribution in [0.25, 0.3) is 11.4 Å². The number of amides is 1. The van der Waals surface area contributed by atoms with Crippen molar-refractivity contribution >= 4 is 21.8 Å². The maximum Gasteiger partial charge on any atom is 0.471 e. The Labute approximate surface area is 190 Å². The summed E-state index contributed by atoms with van der Waals surface area (Å²) < 4.78 is 49.0. The first-order valence-electron chi connectivity index (χ1n) is 9.90. The van der Waals surface area contributed by atoms with Gasteiger partial charge in [0.05, 0.1) is 0 Å². The number of halogens is 4. The lowest BCUT2D eigenvalue weighted by Crippen LogP contribution is -2.44. The average Bonchev–Trinajstić information content (AvgIpc) is 3.29. The van der Waals surface area contributed by atoms with Crippen molar-refractivity contribution in [2.75, 3.05) is 19.8 Å². The Balaban J connectivity index is 1.52. The summed E-state index contributed by atoms with van der Waals surface area (Å²) in [4.78, 5) is 16.3. The largest absolute Gasteiger partial charge is 0.471 e. The Morgan fingerprint density at radius 3 is 2.56 bits per heavy atom. The molecule has 0 saturated carbocycles. The third kappa shape index (κ3) is 4.86. The zero-order valence-electron chi connectivity index (χ0n) is 16.8. The number of nitrogens with zero attached hydrogens (tertiary/aromatic N) is 2. The van der Waals surface area contributed by atoms with E-state index in [0.717, 1.165) is 22.9 Å². The second kappa shape index (κ2) is 9.03. The van der Waals surface area contributed by atoms with E-state index < -0.39 is 12.1 Å². The zero-order chi connectivity index (χ0) is 22.8. The van der Waals surface area contributed by atoms with Crippen molar-refractivity contribution in [3.8, 4) is 11.4 Å². The molecule has 32 heavy (non-hydrogen) atoms. The van der Waals surface area contributed by atoms with Crippen molar-refractivity contribution < 1.29 is 27.2 Å². The van der Waals surface area contributed by atoms with E-state index in [-0.39, 0.29) is 28.3 Å². The van der Waals surface area contributed by atoms with Crippen LogP contribution in [-0.4, -0.2) is 35.8 Å². The van der Waals surface area contributed by atoms with E-state index in [4.69, 9.17) is 4.74 Å². The minimum atomic E-state index is -4.73. The zero-order valence-corrected chi connectivity index (χ0v) is 18.4. The Bertz CT molecular complexity index is 1110. The lowest BCUT2D eigenvalue weighted by molar-refractivity contribution is -0.159. The van der Waals surface area contributed by atoms with Gasteiger partial charge < -0.3 is 14.6 Å². The van der Waals surface area contributed by atoms with Crippen molar-refractivity contribution in [3.63, 3.8) is 0 Å².